The van der Waals surface area contributed by atoms with Crippen LogP contribution in [0.5, 0.6) is 11.5 Å². The van der Waals surface area contributed by atoms with Gasteiger partial charge in [0.1, 0.15) is 0 Å². The van der Waals surface area contributed by atoms with E-state index in [-0.39, 0.29) is 29.5 Å². The molecule has 0 radical (unpaired) electrons. The first-order valence-electron chi connectivity index (χ1n) is 9.92. The van der Waals surface area contributed by atoms with Crippen LogP contribution in [0.3, 0.4) is 0 Å². The van der Waals surface area contributed by atoms with Gasteiger partial charge in [-0.1, -0.05) is 41.1 Å². The fourth-order valence-corrected chi connectivity index (χ4v) is 5.42. The van der Waals surface area contributed by atoms with Gasteiger partial charge in [-0.25, -0.2) is 0 Å². The van der Waals surface area contributed by atoms with Crippen LogP contribution >= 0.6 is 15.9 Å². The fourth-order valence-electron chi connectivity index (χ4n) is 4.70. The van der Waals surface area contributed by atoms with Gasteiger partial charge in [0.25, 0.3) is 5.60 Å². The highest BCUT2D eigenvalue weighted by molar-refractivity contribution is 9.09. The van der Waals surface area contributed by atoms with Crippen LogP contribution in [0.1, 0.15) is 29.7 Å². The van der Waals surface area contributed by atoms with E-state index in [0.29, 0.717) is 23.3 Å². The van der Waals surface area contributed by atoms with Gasteiger partial charge in [-0.3, -0.25) is 0 Å². The first-order valence-corrected chi connectivity index (χ1v) is 11.0. The third kappa shape index (κ3) is 3.38. The van der Waals surface area contributed by atoms with Crippen LogP contribution in [-0.4, -0.2) is 36.5 Å². The van der Waals surface area contributed by atoms with Crippen LogP contribution in [0.15, 0.2) is 36.4 Å². The molecule has 0 saturated carbocycles. The smallest absolute Gasteiger partial charge is 0.430 e. The zero-order valence-corrected chi connectivity index (χ0v) is 19.0. The molecular formula is C22H20BrF6NO3. The Balaban J connectivity index is 1.88. The number of benzene rings is 2. The summed E-state index contributed by atoms with van der Waals surface area (Å²) in [5, 5.41) is 13.4. The molecule has 11 heteroatoms. The van der Waals surface area contributed by atoms with E-state index in [4.69, 9.17) is 9.47 Å². The Morgan fingerprint density at radius 3 is 2.39 bits per heavy atom. The van der Waals surface area contributed by atoms with Gasteiger partial charge in [0.15, 0.2) is 11.5 Å². The van der Waals surface area contributed by atoms with Gasteiger partial charge in [0.05, 0.1) is 19.8 Å². The van der Waals surface area contributed by atoms with Crippen LogP contribution in [0.2, 0.25) is 0 Å². The lowest BCUT2D eigenvalue weighted by atomic mass is 9.64. The second-order valence-electron chi connectivity index (χ2n) is 8.44. The summed E-state index contributed by atoms with van der Waals surface area (Å²) < 4.78 is 92.1. The van der Waals surface area contributed by atoms with Gasteiger partial charge in [0.2, 0.25) is 0 Å². The Bertz CT molecular complexity index is 1060. The molecule has 0 fully saturated rings. The van der Waals surface area contributed by atoms with Crippen molar-refractivity contribution < 1.29 is 40.9 Å². The number of hydrogen-bond acceptors (Lipinski definition) is 4. The molecular weight excluding hydrogens is 520 g/mol. The number of aliphatic hydroxyl groups is 1. The highest BCUT2D eigenvalue weighted by Gasteiger charge is 2.71. The number of anilines is 1. The van der Waals surface area contributed by atoms with Crippen molar-refractivity contribution >= 4 is 21.6 Å². The standard InChI is InChI=1S/C22H20BrF6NO3/c1-19(10-23)13-8-11(20(31,21(24,25)26)22(27,28)29)6-7-15(13)30-17-12-4-3-5-16(32-2)18(12)33-9-14(17)19/h3-8,14,17,30-31H,9-10H2,1-2H3/t14-,17+,19?/m1/s1. The van der Waals surface area contributed by atoms with Crippen LogP contribution in [0, 0.1) is 5.92 Å². The second kappa shape index (κ2) is 7.69. The van der Waals surface area contributed by atoms with Gasteiger partial charge in [-0.2, -0.15) is 26.3 Å². The van der Waals surface area contributed by atoms with Gasteiger partial charge < -0.3 is 19.9 Å². The molecule has 1 unspecified atom stereocenters. The molecule has 0 amide bonds. The number of rotatable bonds is 3. The quantitative estimate of drug-likeness (QED) is 0.380. The van der Waals surface area contributed by atoms with E-state index in [1.165, 1.54) is 7.11 Å². The van der Waals surface area contributed by atoms with Crippen molar-refractivity contribution in [2.75, 3.05) is 24.4 Å². The van der Waals surface area contributed by atoms with Crippen LogP contribution in [-0.2, 0) is 11.0 Å². The lowest BCUT2D eigenvalue weighted by Crippen LogP contribution is -2.54. The monoisotopic (exact) mass is 539 g/mol. The summed E-state index contributed by atoms with van der Waals surface area (Å²) in [5.41, 5.74) is -5.83. The van der Waals surface area contributed by atoms with Crippen LogP contribution in [0.4, 0.5) is 32.0 Å². The van der Waals surface area contributed by atoms with Crippen molar-refractivity contribution in [2.45, 2.75) is 36.3 Å². The van der Waals surface area contributed by atoms with E-state index in [2.05, 4.69) is 21.2 Å². The maximum atomic E-state index is 13.5. The molecule has 4 nitrogen and oxygen atoms in total. The normalized spacial score (nSPS) is 24.7. The highest BCUT2D eigenvalue weighted by Crippen LogP contribution is 2.56. The molecule has 2 N–H and O–H groups in total. The first kappa shape index (κ1) is 24.0. The summed E-state index contributed by atoms with van der Waals surface area (Å²) in [6.45, 7) is 1.90. The minimum atomic E-state index is -5.96. The van der Waals surface area contributed by atoms with E-state index in [0.717, 1.165) is 17.7 Å². The topological polar surface area (TPSA) is 50.7 Å². The number of fused-ring (bicyclic) bond motifs is 4. The lowest BCUT2D eigenvalue weighted by Gasteiger charge is -2.50. The van der Waals surface area contributed by atoms with E-state index in [9.17, 15) is 31.4 Å². The third-order valence-electron chi connectivity index (χ3n) is 6.65. The van der Waals surface area contributed by atoms with E-state index < -0.39 is 28.9 Å². The van der Waals surface area contributed by atoms with Crippen molar-refractivity contribution in [1.82, 2.24) is 0 Å². The number of para-hydroxylation sites is 1. The summed E-state index contributed by atoms with van der Waals surface area (Å²) in [7, 11) is 1.50. The number of alkyl halides is 7. The molecule has 0 bridgehead atoms. The third-order valence-corrected chi connectivity index (χ3v) is 7.82. The molecule has 2 aromatic rings. The van der Waals surface area contributed by atoms with Crippen molar-refractivity contribution in [3.8, 4) is 11.5 Å². The largest absolute Gasteiger partial charge is 0.493 e. The first-order chi connectivity index (χ1) is 15.3. The lowest BCUT2D eigenvalue weighted by molar-refractivity contribution is -0.376. The summed E-state index contributed by atoms with van der Waals surface area (Å²) in [4.78, 5) is 0. The summed E-state index contributed by atoms with van der Waals surface area (Å²) in [6, 6.07) is 7.63. The van der Waals surface area contributed by atoms with Crippen molar-refractivity contribution in [2.24, 2.45) is 5.92 Å². The van der Waals surface area contributed by atoms with E-state index in [1.807, 2.05) is 6.07 Å². The van der Waals surface area contributed by atoms with Gasteiger partial charge in [-0.15, -0.1) is 0 Å². The Hall–Kier alpha value is -2.14. The minimum Gasteiger partial charge on any atom is -0.493 e. The molecule has 2 heterocycles. The fraction of sp³-hybridized carbons (Fsp3) is 0.455. The molecule has 3 atom stereocenters. The second-order valence-corrected chi connectivity index (χ2v) is 9.00. The summed E-state index contributed by atoms with van der Waals surface area (Å²) in [6.07, 6.45) is -11.9. The molecule has 180 valence electrons. The molecule has 2 aliphatic rings. The molecule has 0 spiro atoms. The van der Waals surface area contributed by atoms with Crippen molar-refractivity contribution in [3.63, 3.8) is 0 Å². The molecule has 0 saturated heterocycles. The Morgan fingerprint density at radius 2 is 1.82 bits per heavy atom. The van der Waals surface area contributed by atoms with Gasteiger partial charge in [-0.05, 0) is 23.8 Å². The van der Waals surface area contributed by atoms with Crippen molar-refractivity contribution in [3.05, 3.63) is 53.1 Å². The number of nitrogens with one attached hydrogen (secondary N) is 1. The zero-order chi connectivity index (χ0) is 24.4. The predicted molar refractivity (Wildman–Crippen MR) is 112 cm³/mol. The molecule has 0 aromatic heterocycles. The minimum absolute atomic E-state index is 0.152. The SMILES string of the molecule is COc1cccc2c1OC[C@@H]1[C@H]2Nc2ccc(C(O)(C(F)(F)F)C(F)(F)F)cc2C1(C)CBr. The number of halogens is 7. The average Bonchev–Trinajstić information content (AvgIpc) is 2.76. The number of methoxy groups -OCH3 is 1. The molecule has 0 aliphatic carbocycles. The summed E-state index contributed by atoms with van der Waals surface area (Å²) in [5.74, 6) is 0.716. The maximum Gasteiger partial charge on any atom is 0.430 e. The Morgan fingerprint density at radius 1 is 1.15 bits per heavy atom. The van der Waals surface area contributed by atoms with E-state index in [1.54, 1.807) is 19.1 Å². The van der Waals surface area contributed by atoms with Gasteiger partial charge >= 0.3 is 12.4 Å². The Kier molecular flexibility index (Phi) is 5.59. The predicted octanol–water partition coefficient (Wildman–Crippen LogP) is 5.84. The number of ether oxygens (including phenoxy) is 2. The van der Waals surface area contributed by atoms with E-state index >= 15 is 0 Å². The zero-order valence-electron chi connectivity index (χ0n) is 17.4. The maximum absolute atomic E-state index is 13.5. The summed E-state index contributed by atoms with van der Waals surface area (Å²) >= 11 is 3.41. The Labute approximate surface area is 194 Å². The average molecular weight is 540 g/mol. The molecule has 2 aliphatic heterocycles. The molecule has 2 aromatic carbocycles. The number of hydrogen-bond donors (Lipinski definition) is 2. The highest BCUT2D eigenvalue weighted by atomic mass is 79.9. The van der Waals surface area contributed by atoms with Crippen LogP contribution < -0.4 is 14.8 Å². The van der Waals surface area contributed by atoms with Crippen LogP contribution in [0.25, 0.3) is 0 Å². The van der Waals surface area contributed by atoms with Gasteiger partial charge in [0, 0.05) is 33.5 Å². The van der Waals surface area contributed by atoms with Crippen molar-refractivity contribution in [1.29, 1.82) is 0 Å². The molecule has 33 heavy (non-hydrogen) atoms. The molecule has 4 rings (SSSR count).